The average molecular weight is 349 g/mol. The first kappa shape index (κ1) is 15.9. The Morgan fingerprint density at radius 2 is 1.88 bits per heavy atom. The Balaban J connectivity index is 1.51. The van der Waals surface area contributed by atoms with Gasteiger partial charge in [-0.2, -0.15) is 0 Å². The molecule has 1 aliphatic carbocycles. The van der Waals surface area contributed by atoms with Crippen LogP contribution in [0.25, 0.3) is 11.3 Å². The molecule has 1 heterocycles. The van der Waals surface area contributed by atoms with Gasteiger partial charge in [0, 0.05) is 22.5 Å². The van der Waals surface area contributed by atoms with E-state index in [0.717, 1.165) is 29.8 Å². The van der Waals surface area contributed by atoms with Crippen LogP contribution in [-0.4, -0.2) is 10.9 Å². The fourth-order valence-corrected chi connectivity index (χ4v) is 3.39. The summed E-state index contributed by atoms with van der Waals surface area (Å²) < 4.78 is 0. The highest BCUT2D eigenvalue weighted by molar-refractivity contribution is 6.30. The maximum absolute atomic E-state index is 12.4. The third kappa shape index (κ3) is 3.42. The quantitative estimate of drug-likeness (QED) is 0.711. The average Bonchev–Trinajstić information content (AvgIpc) is 3.09. The molecule has 0 fully saturated rings. The molecule has 4 heteroatoms. The van der Waals surface area contributed by atoms with Crippen molar-refractivity contribution in [1.82, 2.24) is 4.98 Å². The summed E-state index contributed by atoms with van der Waals surface area (Å²) in [6.07, 6.45) is 5.02. The van der Waals surface area contributed by atoms with Gasteiger partial charge in [-0.25, -0.2) is 0 Å². The Morgan fingerprint density at radius 3 is 2.68 bits per heavy atom. The molecule has 0 bridgehead atoms. The molecule has 2 aromatic carbocycles. The number of amides is 1. The maximum Gasteiger partial charge on any atom is 0.257 e. The first-order chi connectivity index (χ1) is 12.2. The third-order valence-corrected chi connectivity index (χ3v) is 4.74. The molecule has 4 rings (SSSR count). The Labute approximate surface area is 151 Å². The van der Waals surface area contributed by atoms with E-state index in [-0.39, 0.29) is 5.91 Å². The lowest BCUT2D eigenvalue weighted by Crippen LogP contribution is -2.12. The predicted octanol–water partition coefficient (Wildman–Crippen LogP) is 5.14. The number of pyridine rings is 1. The van der Waals surface area contributed by atoms with Crippen LogP contribution < -0.4 is 5.32 Å². The monoisotopic (exact) mass is 348 g/mol. The zero-order valence-corrected chi connectivity index (χ0v) is 14.4. The van der Waals surface area contributed by atoms with Gasteiger partial charge in [-0.3, -0.25) is 9.78 Å². The number of nitrogens with zero attached hydrogens (tertiary/aromatic N) is 1. The fraction of sp³-hybridized carbons (Fsp3) is 0.143. The summed E-state index contributed by atoms with van der Waals surface area (Å²) in [7, 11) is 0. The summed E-state index contributed by atoms with van der Waals surface area (Å²) in [5.41, 5.74) is 5.82. The number of carbonyl (C=O) groups excluding carboxylic acids is 1. The number of halogens is 1. The molecule has 0 aliphatic heterocycles. The highest BCUT2D eigenvalue weighted by Crippen LogP contribution is 2.25. The molecule has 1 aliphatic rings. The molecule has 0 saturated carbocycles. The summed E-state index contributed by atoms with van der Waals surface area (Å²) in [6.45, 7) is 0. The van der Waals surface area contributed by atoms with Crippen LogP contribution in [-0.2, 0) is 12.8 Å². The number of hydrogen-bond acceptors (Lipinski definition) is 2. The molecule has 0 saturated heterocycles. The summed E-state index contributed by atoms with van der Waals surface area (Å²) in [5, 5.41) is 3.62. The summed E-state index contributed by atoms with van der Waals surface area (Å²) in [4.78, 5) is 16.8. The zero-order valence-electron chi connectivity index (χ0n) is 13.6. The number of fused-ring (bicyclic) bond motifs is 1. The smallest absolute Gasteiger partial charge is 0.257 e. The van der Waals surface area contributed by atoms with Gasteiger partial charge in [0.15, 0.2) is 0 Å². The largest absolute Gasteiger partial charge is 0.322 e. The SMILES string of the molecule is O=C(Nc1ccc2c(c1)CCC2)c1ccc(-c2cccc(Cl)c2)nc1. The molecule has 3 nitrogen and oxygen atoms in total. The molecule has 1 N–H and O–H groups in total. The lowest BCUT2D eigenvalue weighted by atomic mass is 10.1. The van der Waals surface area contributed by atoms with Crippen LogP contribution in [0.3, 0.4) is 0 Å². The molecule has 124 valence electrons. The highest BCUT2D eigenvalue weighted by Gasteiger charge is 2.13. The number of nitrogens with one attached hydrogen (secondary N) is 1. The third-order valence-electron chi connectivity index (χ3n) is 4.50. The number of rotatable bonds is 3. The topological polar surface area (TPSA) is 42.0 Å². The van der Waals surface area contributed by atoms with Crippen molar-refractivity contribution in [2.24, 2.45) is 0 Å². The number of aromatic nitrogens is 1. The molecule has 0 spiro atoms. The van der Waals surface area contributed by atoms with E-state index in [1.807, 2.05) is 36.4 Å². The second-order valence-electron chi connectivity index (χ2n) is 6.23. The van der Waals surface area contributed by atoms with Gasteiger partial charge in [-0.05, 0) is 66.8 Å². The van der Waals surface area contributed by atoms with Crippen LogP contribution in [0, 0.1) is 0 Å². The van der Waals surface area contributed by atoms with E-state index in [1.54, 1.807) is 12.3 Å². The van der Waals surface area contributed by atoms with Crippen molar-refractivity contribution in [2.75, 3.05) is 5.32 Å². The van der Waals surface area contributed by atoms with Crippen molar-refractivity contribution in [2.45, 2.75) is 19.3 Å². The van der Waals surface area contributed by atoms with Crippen LogP contribution >= 0.6 is 11.6 Å². The first-order valence-corrected chi connectivity index (χ1v) is 8.72. The van der Waals surface area contributed by atoms with Gasteiger partial charge in [0.05, 0.1) is 11.3 Å². The lowest BCUT2D eigenvalue weighted by Gasteiger charge is -2.08. The van der Waals surface area contributed by atoms with Gasteiger partial charge in [0.25, 0.3) is 5.91 Å². The van der Waals surface area contributed by atoms with E-state index >= 15 is 0 Å². The van der Waals surface area contributed by atoms with Gasteiger partial charge in [0.2, 0.25) is 0 Å². The molecule has 3 aromatic rings. The van der Waals surface area contributed by atoms with E-state index in [9.17, 15) is 4.79 Å². The number of carbonyl (C=O) groups is 1. The number of hydrogen-bond donors (Lipinski definition) is 1. The minimum atomic E-state index is -0.150. The molecular formula is C21H17ClN2O. The minimum Gasteiger partial charge on any atom is -0.322 e. The van der Waals surface area contributed by atoms with Crippen LogP contribution in [0.1, 0.15) is 27.9 Å². The van der Waals surface area contributed by atoms with E-state index in [4.69, 9.17) is 11.6 Å². The van der Waals surface area contributed by atoms with Crippen molar-refractivity contribution < 1.29 is 4.79 Å². The Hall–Kier alpha value is -2.65. The van der Waals surface area contributed by atoms with Gasteiger partial charge >= 0.3 is 0 Å². The predicted molar refractivity (Wildman–Crippen MR) is 101 cm³/mol. The van der Waals surface area contributed by atoms with Crippen molar-refractivity contribution in [1.29, 1.82) is 0 Å². The second-order valence-corrected chi connectivity index (χ2v) is 6.67. The van der Waals surface area contributed by atoms with Gasteiger partial charge in [-0.1, -0.05) is 29.8 Å². The number of anilines is 1. The van der Waals surface area contributed by atoms with E-state index in [0.29, 0.717) is 10.6 Å². The summed E-state index contributed by atoms with van der Waals surface area (Å²) in [5.74, 6) is -0.150. The zero-order chi connectivity index (χ0) is 17.2. The maximum atomic E-state index is 12.4. The second kappa shape index (κ2) is 6.69. The molecule has 25 heavy (non-hydrogen) atoms. The lowest BCUT2D eigenvalue weighted by molar-refractivity contribution is 0.102. The molecule has 0 unspecified atom stereocenters. The molecular weight excluding hydrogens is 332 g/mol. The van der Waals surface area contributed by atoms with E-state index < -0.39 is 0 Å². The molecule has 0 radical (unpaired) electrons. The van der Waals surface area contributed by atoms with Crippen LogP contribution in [0.4, 0.5) is 5.69 Å². The van der Waals surface area contributed by atoms with Crippen LogP contribution in [0.5, 0.6) is 0 Å². The van der Waals surface area contributed by atoms with Crippen LogP contribution in [0.15, 0.2) is 60.8 Å². The Morgan fingerprint density at radius 1 is 1.00 bits per heavy atom. The molecule has 1 amide bonds. The van der Waals surface area contributed by atoms with E-state index in [1.165, 1.54) is 17.5 Å². The van der Waals surface area contributed by atoms with Gasteiger partial charge < -0.3 is 5.32 Å². The van der Waals surface area contributed by atoms with Crippen molar-refractivity contribution in [3.8, 4) is 11.3 Å². The van der Waals surface area contributed by atoms with Gasteiger partial charge in [0.1, 0.15) is 0 Å². The normalized spacial score (nSPS) is 12.7. The van der Waals surface area contributed by atoms with Crippen molar-refractivity contribution in [3.05, 3.63) is 82.5 Å². The van der Waals surface area contributed by atoms with Crippen molar-refractivity contribution >= 4 is 23.2 Å². The molecule has 0 atom stereocenters. The summed E-state index contributed by atoms with van der Waals surface area (Å²) >= 11 is 6.02. The van der Waals surface area contributed by atoms with Crippen molar-refractivity contribution in [3.63, 3.8) is 0 Å². The highest BCUT2D eigenvalue weighted by atomic mass is 35.5. The summed E-state index contributed by atoms with van der Waals surface area (Å²) in [6, 6.07) is 17.3. The first-order valence-electron chi connectivity index (χ1n) is 8.34. The van der Waals surface area contributed by atoms with E-state index in [2.05, 4.69) is 22.4 Å². The number of benzene rings is 2. The standard InChI is InChI=1S/C21H17ClN2O/c22-18-6-2-5-16(11-18)20-10-8-17(13-23-20)21(25)24-19-9-7-14-3-1-4-15(14)12-19/h2,5-13H,1,3-4H2,(H,24,25). The number of aryl methyl sites for hydroxylation is 2. The minimum absolute atomic E-state index is 0.150. The molecule has 1 aromatic heterocycles. The Kier molecular flexibility index (Phi) is 4.24. The van der Waals surface area contributed by atoms with Crippen LogP contribution in [0.2, 0.25) is 5.02 Å². The fourth-order valence-electron chi connectivity index (χ4n) is 3.20. The van der Waals surface area contributed by atoms with Gasteiger partial charge in [-0.15, -0.1) is 0 Å². The Bertz CT molecular complexity index is 935.